The fourth-order valence-electron chi connectivity index (χ4n) is 3.93. The zero-order chi connectivity index (χ0) is 21.1. The van der Waals surface area contributed by atoms with Gasteiger partial charge in [-0.3, -0.25) is 9.48 Å². The van der Waals surface area contributed by atoms with Gasteiger partial charge in [0, 0.05) is 50.7 Å². The second-order valence-corrected chi connectivity index (χ2v) is 8.70. The molecule has 4 rings (SSSR count). The highest BCUT2D eigenvalue weighted by Crippen LogP contribution is 2.34. The minimum absolute atomic E-state index is 0.0773. The van der Waals surface area contributed by atoms with Crippen LogP contribution in [0.2, 0.25) is 0 Å². The average Bonchev–Trinajstić information content (AvgIpc) is 3.33. The van der Waals surface area contributed by atoms with E-state index in [-0.39, 0.29) is 11.7 Å². The molecule has 0 bridgehead atoms. The molecule has 1 aromatic carbocycles. The number of thiophene rings is 1. The highest BCUT2D eigenvalue weighted by Gasteiger charge is 2.20. The number of amides is 1. The minimum atomic E-state index is -0.311. The molecular weight excluding hydrogens is 401 g/mol. The van der Waals surface area contributed by atoms with Crippen molar-refractivity contribution in [2.75, 3.05) is 45.8 Å². The van der Waals surface area contributed by atoms with E-state index in [0.717, 1.165) is 55.9 Å². The summed E-state index contributed by atoms with van der Waals surface area (Å²) >= 11 is 1.39. The molecule has 0 atom stereocenters. The summed E-state index contributed by atoms with van der Waals surface area (Å²) in [6, 6.07) is 8.43. The monoisotopic (exact) mass is 429 g/mol. The van der Waals surface area contributed by atoms with Gasteiger partial charge in [0.15, 0.2) is 0 Å². The number of rotatable bonds is 7. The molecule has 30 heavy (non-hydrogen) atoms. The second kappa shape index (κ2) is 9.24. The molecule has 3 aromatic rings. The Balaban J connectivity index is 1.36. The zero-order valence-electron chi connectivity index (χ0n) is 17.5. The van der Waals surface area contributed by atoms with Crippen LogP contribution in [0.5, 0.6) is 0 Å². The van der Waals surface area contributed by atoms with Gasteiger partial charge >= 0.3 is 0 Å². The van der Waals surface area contributed by atoms with Crippen molar-refractivity contribution in [3.63, 3.8) is 0 Å². The van der Waals surface area contributed by atoms with Crippen LogP contribution in [0.15, 0.2) is 30.3 Å². The largest absolute Gasteiger partial charge is 0.351 e. The summed E-state index contributed by atoms with van der Waals surface area (Å²) in [5.74, 6) is -0.388. The third-order valence-electron chi connectivity index (χ3n) is 5.71. The lowest BCUT2D eigenvalue weighted by Crippen LogP contribution is -2.46. The van der Waals surface area contributed by atoms with Crippen molar-refractivity contribution in [1.82, 2.24) is 24.9 Å². The first-order valence-electron chi connectivity index (χ1n) is 10.5. The van der Waals surface area contributed by atoms with Gasteiger partial charge in [-0.05, 0) is 37.7 Å². The number of nitrogens with one attached hydrogen (secondary N) is 1. The Bertz CT molecular complexity index is 1020. The van der Waals surface area contributed by atoms with Crippen molar-refractivity contribution >= 4 is 27.5 Å². The lowest BCUT2D eigenvalue weighted by Gasteiger charge is -2.33. The molecule has 1 aliphatic rings. The van der Waals surface area contributed by atoms with Crippen LogP contribution in [0, 0.1) is 5.82 Å². The van der Waals surface area contributed by atoms with E-state index in [1.165, 1.54) is 17.4 Å². The number of hydrogen-bond donors (Lipinski definition) is 1. The Morgan fingerprint density at radius 1 is 1.20 bits per heavy atom. The van der Waals surface area contributed by atoms with Crippen LogP contribution >= 0.6 is 11.3 Å². The number of hydrogen-bond acceptors (Lipinski definition) is 5. The molecule has 3 heterocycles. The van der Waals surface area contributed by atoms with Crippen LogP contribution in [0.4, 0.5) is 4.39 Å². The van der Waals surface area contributed by atoms with Crippen molar-refractivity contribution in [3.8, 4) is 11.3 Å². The highest BCUT2D eigenvalue weighted by atomic mass is 32.1. The molecule has 1 saturated heterocycles. The quantitative estimate of drug-likeness (QED) is 0.586. The number of likely N-dealkylation sites (N-methyl/N-ethyl adjacent to an activating group) is 1. The SMILES string of the molecule is CCN1CCN(CCCNC(=O)c2cc3c(-c4ccccc4F)nn(C)c3s2)CC1. The van der Waals surface area contributed by atoms with Crippen molar-refractivity contribution in [3.05, 3.63) is 41.0 Å². The first-order chi connectivity index (χ1) is 14.6. The highest BCUT2D eigenvalue weighted by molar-refractivity contribution is 7.20. The number of benzene rings is 1. The second-order valence-electron chi connectivity index (χ2n) is 7.67. The molecule has 0 aliphatic carbocycles. The maximum Gasteiger partial charge on any atom is 0.261 e. The van der Waals surface area contributed by atoms with Crippen molar-refractivity contribution in [2.24, 2.45) is 7.05 Å². The van der Waals surface area contributed by atoms with Gasteiger partial charge in [-0.25, -0.2) is 4.39 Å². The van der Waals surface area contributed by atoms with Crippen LogP contribution in [0.25, 0.3) is 21.5 Å². The zero-order valence-corrected chi connectivity index (χ0v) is 18.3. The summed E-state index contributed by atoms with van der Waals surface area (Å²) in [4.78, 5) is 19.1. The summed E-state index contributed by atoms with van der Waals surface area (Å²) in [6.07, 6.45) is 0.935. The lowest BCUT2D eigenvalue weighted by atomic mass is 10.1. The normalized spacial score (nSPS) is 15.7. The summed E-state index contributed by atoms with van der Waals surface area (Å²) in [6.45, 7) is 9.44. The number of piperazine rings is 1. The number of aryl methyl sites for hydroxylation is 1. The fourth-order valence-corrected chi connectivity index (χ4v) is 4.91. The van der Waals surface area contributed by atoms with Gasteiger partial charge in [-0.1, -0.05) is 19.1 Å². The number of aromatic nitrogens is 2. The molecule has 8 heteroatoms. The molecule has 160 valence electrons. The first kappa shape index (κ1) is 21.0. The Morgan fingerprint density at radius 3 is 2.67 bits per heavy atom. The fraction of sp³-hybridized carbons (Fsp3) is 0.455. The number of carbonyl (C=O) groups is 1. The third-order valence-corrected chi connectivity index (χ3v) is 6.91. The van der Waals surface area contributed by atoms with Gasteiger partial charge in [-0.15, -0.1) is 11.3 Å². The van der Waals surface area contributed by atoms with Gasteiger partial charge < -0.3 is 15.1 Å². The van der Waals surface area contributed by atoms with Crippen LogP contribution < -0.4 is 5.32 Å². The molecule has 1 fully saturated rings. The average molecular weight is 430 g/mol. The standard InChI is InChI=1S/C22H28FN5OS/c1-3-27-11-13-28(14-12-27)10-6-9-24-21(29)19-15-17-20(25-26(2)22(17)30-19)16-7-4-5-8-18(16)23/h4-5,7-8,15H,3,6,9-14H2,1-2H3,(H,24,29). The van der Waals surface area contributed by atoms with Crippen LogP contribution in [0.1, 0.15) is 23.0 Å². The molecular formula is C22H28FN5OS. The molecule has 0 spiro atoms. The Labute approximate surface area is 180 Å². The van der Waals surface area contributed by atoms with Gasteiger partial charge in [0.1, 0.15) is 16.3 Å². The summed E-state index contributed by atoms with van der Waals surface area (Å²) in [7, 11) is 1.82. The predicted molar refractivity (Wildman–Crippen MR) is 119 cm³/mol. The van der Waals surface area contributed by atoms with E-state index < -0.39 is 0 Å². The van der Waals surface area contributed by atoms with E-state index in [4.69, 9.17) is 0 Å². The maximum absolute atomic E-state index is 14.2. The van der Waals surface area contributed by atoms with Gasteiger partial charge in [0.25, 0.3) is 5.91 Å². The lowest BCUT2D eigenvalue weighted by molar-refractivity contribution is 0.0952. The van der Waals surface area contributed by atoms with Crippen molar-refractivity contribution < 1.29 is 9.18 Å². The molecule has 1 amide bonds. The van der Waals surface area contributed by atoms with E-state index in [2.05, 4.69) is 27.1 Å². The van der Waals surface area contributed by atoms with E-state index in [9.17, 15) is 9.18 Å². The van der Waals surface area contributed by atoms with E-state index in [1.807, 2.05) is 13.1 Å². The van der Waals surface area contributed by atoms with Crippen molar-refractivity contribution in [2.45, 2.75) is 13.3 Å². The summed E-state index contributed by atoms with van der Waals surface area (Å²) < 4.78 is 16.0. The van der Waals surface area contributed by atoms with Crippen LogP contribution in [0.3, 0.4) is 0 Å². The number of halogens is 1. The first-order valence-corrected chi connectivity index (χ1v) is 11.3. The molecule has 2 aromatic heterocycles. The Morgan fingerprint density at radius 2 is 1.93 bits per heavy atom. The maximum atomic E-state index is 14.2. The third kappa shape index (κ3) is 4.40. The van der Waals surface area contributed by atoms with E-state index in [0.29, 0.717) is 22.7 Å². The Hall–Kier alpha value is -2.29. The summed E-state index contributed by atoms with van der Waals surface area (Å²) in [5.41, 5.74) is 1.03. The van der Waals surface area contributed by atoms with Gasteiger partial charge in [0.2, 0.25) is 0 Å². The van der Waals surface area contributed by atoms with Gasteiger partial charge in [0.05, 0.1) is 4.88 Å². The molecule has 1 N–H and O–H groups in total. The molecule has 1 aliphatic heterocycles. The van der Waals surface area contributed by atoms with E-state index >= 15 is 0 Å². The molecule has 0 radical (unpaired) electrons. The smallest absolute Gasteiger partial charge is 0.261 e. The Kier molecular flexibility index (Phi) is 6.46. The minimum Gasteiger partial charge on any atom is -0.351 e. The summed E-state index contributed by atoms with van der Waals surface area (Å²) in [5, 5.41) is 8.31. The molecule has 0 unspecified atom stereocenters. The van der Waals surface area contributed by atoms with E-state index in [1.54, 1.807) is 22.9 Å². The molecule has 6 nitrogen and oxygen atoms in total. The van der Waals surface area contributed by atoms with Crippen molar-refractivity contribution in [1.29, 1.82) is 0 Å². The predicted octanol–water partition coefficient (Wildman–Crippen LogP) is 3.20. The van der Waals surface area contributed by atoms with Gasteiger partial charge in [-0.2, -0.15) is 5.10 Å². The number of nitrogens with zero attached hydrogens (tertiary/aromatic N) is 4. The number of fused-ring (bicyclic) bond motifs is 1. The molecule has 0 saturated carbocycles. The topological polar surface area (TPSA) is 53.4 Å². The number of carbonyl (C=O) groups excluding carboxylic acids is 1. The van der Waals surface area contributed by atoms with Crippen LogP contribution in [-0.2, 0) is 7.05 Å². The van der Waals surface area contributed by atoms with Crippen LogP contribution in [-0.4, -0.2) is 71.3 Å².